The summed E-state index contributed by atoms with van der Waals surface area (Å²) in [5.74, 6) is 0. The molecule has 3 heterocycles. The molecule has 0 atom stereocenters. The molecule has 4 rings (SSSR count). The molecule has 28 heavy (non-hydrogen) atoms. The predicted octanol–water partition coefficient (Wildman–Crippen LogP) is 4.55. The lowest BCUT2D eigenvalue weighted by atomic mass is 10.2. The van der Waals surface area contributed by atoms with E-state index in [9.17, 15) is 0 Å². The van der Waals surface area contributed by atoms with Crippen molar-refractivity contribution in [1.29, 1.82) is 0 Å². The minimum Gasteiger partial charge on any atom is -0.369 e. The van der Waals surface area contributed by atoms with E-state index in [0.717, 1.165) is 54.1 Å². The summed E-state index contributed by atoms with van der Waals surface area (Å²) in [5.41, 5.74) is 3.47. The zero-order chi connectivity index (χ0) is 18.6. The van der Waals surface area contributed by atoms with E-state index in [4.69, 9.17) is 11.6 Å². The maximum atomic E-state index is 6.11. The van der Waals surface area contributed by atoms with Crippen LogP contribution in [0, 0.1) is 6.92 Å². The van der Waals surface area contributed by atoms with Gasteiger partial charge in [0.1, 0.15) is 0 Å². The molecule has 0 spiro atoms. The van der Waals surface area contributed by atoms with Gasteiger partial charge >= 0.3 is 0 Å². The summed E-state index contributed by atoms with van der Waals surface area (Å²) >= 11 is 7.70. The van der Waals surface area contributed by atoms with Gasteiger partial charge < -0.3 is 4.90 Å². The van der Waals surface area contributed by atoms with Gasteiger partial charge in [-0.25, -0.2) is 9.67 Å². The van der Waals surface area contributed by atoms with E-state index in [1.54, 1.807) is 17.5 Å². The quantitative estimate of drug-likeness (QED) is 0.588. The van der Waals surface area contributed by atoms with Crippen LogP contribution in [0.25, 0.3) is 11.2 Å². The highest BCUT2D eigenvalue weighted by Crippen LogP contribution is 2.21. The highest BCUT2D eigenvalue weighted by atomic mass is 35.5. The molecule has 2 aromatic heterocycles. The van der Waals surface area contributed by atoms with Crippen molar-refractivity contribution in [2.24, 2.45) is 0 Å². The number of hydrogen-bond acceptors (Lipinski definition) is 5. The molecule has 1 saturated heterocycles. The average molecular weight is 436 g/mol. The van der Waals surface area contributed by atoms with Crippen molar-refractivity contribution < 1.29 is 0 Å². The summed E-state index contributed by atoms with van der Waals surface area (Å²) < 4.78 is 1.90. The van der Waals surface area contributed by atoms with Crippen molar-refractivity contribution >= 4 is 47.1 Å². The zero-order valence-electron chi connectivity index (χ0n) is 15.7. The predicted molar refractivity (Wildman–Crippen MR) is 120 cm³/mol. The summed E-state index contributed by atoms with van der Waals surface area (Å²) in [6.45, 7) is 7.18. The van der Waals surface area contributed by atoms with E-state index in [2.05, 4.69) is 45.0 Å². The number of halogens is 2. The topological polar surface area (TPSA) is 37.2 Å². The highest BCUT2D eigenvalue weighted by molar-refractivity contribution is 7.12. The van der Waals surface area contributed by atoms with Crippen LogP contribution in [0.5, 0.6) is 0 Å². The van der Waals surface area contributed by atoms with Crippen LogP contribution in [-0.4, -0.2) is 52.4 Å². The van der Waals surface area contributed by atoms with Crippen molar-refractivity contribution in [3.63, 3.8) is 0 Å². The van der Waals surface area contributed by atoms with Gasteiger partial charge in [-0.15, -0.1) is 23.7 Å². The van der Waals surface area contributed by atoms with Crippen molar-refractivity contribution in [2.45, 2.75) is 6.92 Å². The van der Waals surface area contributed by atoms with Gasteiger partial charge in [0.15, 0.2) is 0 Å². The number of piperazine rings is 1. The summed E-state index contributed by atoms with van der Waals surface area (Å²) in [5, 5.41) is 8.13. The first-order chi connectivity index (χ1) is 13.2. The lowest BCUT2D eigenvalue weighted by molar-refractivity contribution is 0.284. The highest BCUT2D eigenvalue weighted by Gasteiger charge is 2.16. The molecule has 0 amide bonds. The maximum Gasteiger partial charge on any atom is 0.210 e. The molecular weight excluding hydrogens is 413 g/mol. The fourth-order valence-corrected chi connectivity index (χ4v) is 4.12. The molecule has 3 aromatic rings. The average Bonchev–Trinajstić information content (AvgIpc) is 3.33. The van der Waals surface area contributed by atoms with Crippen LogP contribution < -0.4 is 4.90 Å². The van der Waals surface area contributed by atoms with E-state index in [0.29, 0.717) is 0 Å². The van der Waals surface area contributed by atoms with E-state index >= 15 is 0 Å². The summed E-state index contributed by atoms with van der Waals surface area (Å²) in [6.07, 6.45) is 8.10. The standard InChI is InChI=1S/C20H22ClN5S.ClH/c1-16-17(15-23-26(16)20-22-7-13-27-20)4-3-8-24-9-11-25(12-10-24)19-6-2-5-18(21)14-19;/h2-7,13-15H,8-12H2,1H3;1H/b4-3+;. The Hall–Kier alpha value is -1.86. The third-order valence-corrected chi connectivity index (χ3v) is 5.84. The van der Waals surface area contributed by atoms with E-state index in [-0.39, 0.29) is 12.4 Å². The number of aromatic nitrogens is 3. The number of nitrogens with zero attached hydrogens (tertiary/aromatic N) is 5. The van der Waals surface area contributed by atoms with Gasteiger partial charge in [0.05, 0.1) is 11.9 Å². The Morgan fingerprint density at radius 2 is 2.04 bits per heavy atom. The van der Waals surface area contributed by atoms with E-state index < -0.39 is 0 Å². The fourth-order valence-electron chi connectivity index (χ4n) is 3.29. The number of hydrogen-bond donors (Lipinski definition) is 0. The zero-order valence-corrected chi connectivity index (χ0v) is 18.1. The Labute approximate surface area is 180 Å². The summed E-state index contributed by atoms with van der Waals surface area (Å²) in [7, 11) is 0. The lowest BCUT2D eigenvalue weighted by Crippen LogP contribution is -2.46. The molecule has 0 N–H and O–H groups in total. The second kappa shape index (κ2) is 9.56. The number of benzene rings is 1. The first kappa shape index (κ1) is 20.9. The van der Waals surface area contributed by atoms with Crippen molar-refractivity contribution in [3.05, 3.63) is 64.4 Å². The molecule has 8 heteroatoms. The first-order valence-corrected chi connectivity index (χ1v) is 10.3. The molecule has 1 fully saturated rings. The molecular formula is C20H23Cl2N5S. The second-order valence-corrected chi connectivity index (χ2v) is 7.89. The van der Waals surface area contributed by atoms with Gasteiger partial charge in [-0.3, -0.25) is 4.90 Å². The molecule has 0 radical (unpaired) electrons. The van der Waals surface area contributed by atoms with Gasteiger partial charge in [0.2, 0.25) is 5.13 Å². The SMILES string of the molecule is Cc1c(/C=C/CN2CCN(c3cccc(Cl)c3)CC2)cnn1-c1nccs1.Cl. The molecule has 148 valence electrons. The Balaban J connectivity index is 0.00000225. The Morgan fingerprint density at radius 1 is 1.21 bits per heavy atom. The smallest absolute Gasteiger partial charge is 0.210 e. The maximum absolute atomic E-state index is 6.11. The number of anilines is 1. The molecule has 1 aliphatic rings. The van der Waals surface area contributed by atoms with Crippen LogP contribution in [-0.2, 0) is 0 Å². The van der Waals surface area contributed by atoms with Crippen molar-refractivity contribution in [2.75, 3.05) is 37.6 Å². The summed E-state index contributed by atoms with van der Waals surface area (Å²) in [4.78, 5) is 9.19. The minimum atomic E-state index is 0. The third-order valence-electron chi connectivity index (χ3n) is 4.85. The van der Waals surface area contributed by atoms with Crippen LogP contribution >= 0.6 is 35.3 Å². The van der Waals surface area contributed by atoms with Crippen molar-refractivity contribution in [1.82, 2.24) is 19.7 Å². The summed E-state index contributed by atoms with van der Waals surface area (Å²) in [6, 6.07) is 8.11. The van der Waals surface area contributed by atoms with Crippen LogP contribution in [0.15, 0.2) is 48.1 Å². The molecule has 0 saturated carbocycles. The fraction of sp³-hybridized carbons (Fsp3) is 0.300. The third kappa shape index (κ3) is 4.75. The molecule has 5 nitrogen and oxygen atoms in total. The van der Waals surface area contributed by atoms with Crippen molar-refractivity contribution in [3.8, 4) is 5.13 Å². The molecule has 1 aromatic carbocycles. The molecule has 0 bridgehead atoms. The lowest BCUT2D eigenvalue weighted by Gasteiger charge is -2.35. The van der Waals surface area contributed by atoms with Gasteiger partial charge in [-0.05, 0) is 25.1 Å². The van der Waals surface area contributed by atoms with Crippen LogP contribution in [0.2, 0.25) is 5.02 Å². The van der Waals surface area contributed by atoms with Gasteiger partial charge in [0.25, 0.3) is 0 Å². The Kier molecular flexibility index (Phi) is 7.13. The van der Waals surface area contributed by atoms with E-state index in [1.165, 1.54) is 5.69 Å². The van der Waals surface area contributed by atoms with Crippen LogP contribution in [0.1, 0.15) is 11.3 Å². The van der Waals surface area contributed by atoms with Crippen LogP contribution in [0.3, 0.4) is 0 Å². The van der Waals surface area contributed by atoms with Gasteiger partial charge in [0, 0.05) is 60.6 Å². The number of thiazole rings is 1. The monoisotopic (exact) mass is 435 g/mol. The second-order valence-electron chi connectivity index (χ2n) is 6.58. The van der Waals surface area contributed by atoms with E-state index in [1.807, 2.05) is 34.5 Å². The number of rotatable bonds is 5. The minimum absolute atomic E-state index is 0. The largest absolute Gasteiger partial charge is 0.369 e. The van der Waals surface area contributed by atoms with Gasteiger partial charge in [-0.2, -0.15) is 5.10 Å². The molecule has 1 aliphatic heterocycles. The Morgan fingerprint density at radius 3 is 2.75 bits per heavy atom. The van der Waals surface area contributed by atoms with Crippen LogP contribution in [0.4, 0.5) is 5.69 Å². The van der Waals surface area contributed by atoms with Gasteiger partial charge in [-0.1, -0.05) is 29.8 Å². The Bertz CT molecular complexity index is 915. The normalized spacial score (nSPS) is 15.1. The first-order valence-electron chi connectivity index (χ1n) is 9.04. The molecule has 0 aliphatic carbocycles. The molecule has 0 unspecified atom stereocenters.